The van der Waals surface area contributed by atoms with Crippen molar-refractivity contribution in [3.8, 4) is 0 Å². The van der Waals surface area contributed by atoms with Crippen molar-refractivity contribution in [1.82, 2.24) is 5.32 Å². The fourth-order valence-electron chi connectivity index (χ4n) is 10.1. The Bertz CT molecular complexity index is 1570. The van der Waals surface area contributed by atoms with Crippen molar-refractivity contribution in [2.75, 3.05) is 40.9 Å². The molecule has 3 atom stereocenters. The van der Waals surface area contributed by atoms with Gasteiger partial charge in [0.05, 0.1) is 33.8 Å². The van der Waals surface area contributed by atoms with Crippen LogP contribution < -0.4 is 5.32 Å². The van der Waals surface area contributed by atoms with Crippen LogP contribution in [0.1, 0.15) is 329 Å². The molecule has 2 N–H and O–H groups in total. The Morgan fingerprint density at radius 1 is 0.432 bits per heavy atom. The van der Waals surface area contributed by atoms with Crippen LogP contribution in [0.4, 0.5) is 0 Å². The summed E-state index contributed by atoms with van der Waals surface area (Å²) in [6, 6.07) is -0.848. The first-order valence-corrected chi connectivity index (χ1v) is 36.1. The molecule has 0 heterocycles. The normalized spacial score (nSPS) is 13.9. The van der Waals surface area contributed by atoms with E-state index in [2.05, 4.69) is 74.7 Å². The van der Waals surface area contributed by atoms with Gasteiger partial charge in [-0.1, -0.05) is 300 Å². The second kappa shape index (κ2) is 60.8. The molecule has 1 amide bonds. The molecular weight excluding hydrogens is 1020 g/mol. The van der Waals surface area contributed by atoms with Crippen molar-refractivity contribution in [2.24, 2.45) is 0 Å². The molecule has 0 spiro atoms. The van der Waals surface area contributed by atoms with E-state index in [0.29, 0.717) is 17.4 Å². The molecule has 0 aliphatic rings. The fourth-order valence-corrected chi connectivity index (χ4v) is 10.8. The van der Waals surface area contributed by atoms with Crippen LogP contribution in [-0.2, 0) is 27.9 Å². The van der Waals surface area contributed by atoms with Crippen molar-refractivity contribution in [3.63, 3.8) is 0 Å². The van der Waals surface area contributed by atoms with Gasteiger partial charge >= 0.3 is 13.8 Å². The number of hydrogen-bond acceptors (Lipinski definition) is 6. The van der Waals surface area contributed by atoms with Crippen LogP contribution in [0.2, 0.25) is 0 Å². The summed E-state index contributed by atoms with van der Waals surface area (Å²) in [4.78, 5) is 37.8. The van der Waals surface area contributed by atoms with Gasteiger partial charge in [-0.3, -0.25) is 18.6 Å². The van der Waals surface area contributed by atoms with Gasteiger partial charge in [-0.15, -0.1) is 0 Å². The first kappa shape index (κ1) is 78.7. The summed E-state index contributed by atoms with van der Waals surface area (Å²) in [5.74, 6) is -0.495. The van der Waals surface area contributed by atoms with Crippen molar-refractivity contribution < 1.29 is 37.3 Å². The van der Waals surface area contributed by atoms with Gasteiger partial charge in [0.15, 0.2) is 0 Å². The summed E-state index contributed by atoms with van der Waals surface area (Å²) in [5.41, 5.74) is 0. The number of carbonyl (C=O) groups is 2. The van der Waals surface area contributed by atoms with Crippen LogP contribution in [0.15, 0.2) is 60.8 Å². The number of allylic oxidation sites excluding steroid dienone is 9. The van der Waals surface area contributed by atoms with Gasteiger partial charge in [-0.2, -0.15) is 0 Å². The second-order valence-electron chi connectivity index (χ2n) is 24.7. The maximum absolute atomic E-state index is 13.6. The fraction of sp³-hybridized carbons (Fsp3) is 0.831. The Balaban J connectivity index is 5.05. The molecule has 0 aliphatic heterocycles. The Morgan fingerprint density at radius 3 is 1.15 bits per heavy atom. The third kappa shape index (κ3) is 62.1. The van der Waals surface area contributed by atoms with Gasteiger partial charge in [-0.25, -0.2) is 4.57 Å². The second-order valence-corrected chi connectivity index (χ2v) is 26.2. The lowest BCUT2D eigenvalue weighted by Crippen LogP contribution is -2.47. The number of rotatable bonds is 63. The molecule has 10 heteroatoms. The van der Waals surface area contributed by atoms with Crippen molar-refractivity contribution in [1.29, 1.82) is 0 Å². The SMILES string of the molecule is CCCCC/C=C\C/C=C\C/C=C\C/C=C\CCCCCCCCCCCCCC(=O)OC(/C=C\CCCCCCCCCCCC)C(COP(=O)(O)OCC[N+](C)(C)C)NC(=O)CCCCCCCCCCCCCCCCCC. The number of phosphoric acid groups is 1. The van der Waals surface area contributed by atoms with Gasteiger partial charge in [0.2, 0.25) is 5.91 Å². The highest BCUT2D eigenvalue weighted by atomic mass is 31.2. The van der Waals surface area contributed by atoms with E-state index >= 15 is 0 Å². The number of nitrogens with zero attached hydrogens (tertiary/aromatic N) is 1. The molecule has 9 nitrogen and oxygen atoms in total. The van der Waals surface area contributed by atoms with E-state index in [0.717, 1.165) is 77.0 Å². The third-order valence-electron chi connectivity index (χ3n) is 15.5. The van der Waals surface area contributed by atoms with E-state index < -0.39 is 20.0 Å². The number of ether oxygens (including phenoxy) is 1. The van der Waals surface area contributed by atoms with Crippen LogP contribution in [-0.4, -0.2) is 74.3 Å². The predicted molar refractivity (Wildman–Crippen MR) is 351 cm³/mol. The van der Waals surface area contributed by atoms with Crippen LogP contribution in [0.25, 0.3) is 0 Å². The molecule has 0 aliphatic carbocycles. The summed E-state index contributed by atoms with van der Waals surface area (Å²) < 4.78 is 30.8. The zero-order valence-corrected chi connectivity index (χ0v) is 55.2. The number of unbranched alkanes of at least 4 members (excludes halogenated alkanes) is 39. The van der Waals surface area contributed by atoms with E-state index in [4.69, 9.17) is 13.8 Å². The molecule has 81 heavy (non-hydrogen) atoms. The van der Waals surface area contributed by atoms with Crippen molar-refractivity contribution >= 4 is 19.7 Å². The Morgan fingerprint density at radius 2 is 0.753 bits per heavy atom. The summed E-state index contributed by atoms with van der Waals surface area (Å²) in [5, 5.41) is 3.07. The molecule has 0 saturated carbocycles. The number of carbonyl (C=O) groups excluding carboxylic acids is 2. The maximum Gasteiger partial charge on any atom is 0.472 e. The minimum absolute atomic E-state index is 0.0407. The Hall–Kier alpha value is -2.29. The van der Waals surface area contributed by atoms with E-state index in [1.54, 1.807) is 0 Å². The van der Waals surface area contributed by atoms with Gasteiger partial charge in [0.1, 0.15) is 19.3 Å². The largest absolute Gasteiger partial charge is 0.472 e. The van der Waals surface area contributed by atoms with Gasteiger partial charge in [-0.05, 0) is 76.7 Å². The number of nitrogens with one attached hydrogen (secondary N) is 1. The van der Waals surface area contributed by atoms with Crippen molar-refractivity contribution in [3.05, 3.63) is 60.8 Å². The van der Waals surface area contributed by atoms with Crippen LogP contribution in [0.5, 0.6) is 0 Å². The molecule has 0 aromatic heterocycles. The number of hydrogen-bond donors (Lipinski definition) is 2. The number of amides is 1. The molecule has 0 radical (unpaired) electrons. The lowest BCUT2D eigenvalue weighted by atomic mass is 10.0. The molecular formula is C71H134N2O7P+. The van der Waals surface area contributed by atoms with Crippen molar-refractivity contribution in [2.45, 2.75) is 341 Å². The highest BCUT2D eigenvalue weighted by Crippen LogP contribution is 2.43. The molecule has 0 saturated heterocycles. The summed E-state index contributed by atoms with van der Waals surface area (Å²) >= 11 is 0. The Kier molecular flexibility index (Phi) is 59.1. The third-order valence-corrected chi connectivity index (χ3v) is 16.4. The standard InChI is InChI=1S/C71H133N2O7P/c1-7-10-13-16-19-22-25-28-30-32-33-34-35-36-37-38-39-40-41-42-44-46-49-52-55-58-61-64-71(75)80-69(62-59-56-53-50-47-27-24-21-18-15-12-9-3)68(67-79-81(76,77)78-66-65-73(4,5)6)72-70(74)63-60-57-54-51-48-45-43-31-29-26-23-20-17-14-11-8-2/h19,22,28,30,33-34,36-37,59,62,68-69H,7-18,20-21,23-27,29,31-32,35,38-58,60-61,63-67H2,1-6H3,(H-,72,74,76,77)/p+1/b22-19-,30-28-,34-33-,37-36-,62-59-. The van der Waals surface area contributed by atoms with Gasteiger partial charge < -0.3 is 19.4 Å². The highest BCUT2D eigenvalue weighted by molar-refractivity contribution is 7.47. The number of likely N-dealkylation sites (N-methyl/N-ethyl adjacent to an activating group) is 1. The molecule has 0 bridgehead atoms. The average Bonchev–Trinajstić information content (AvgIpc) is 3.44. The lowest BCUT2D eigenvalue weighted by Gasteiger charge is -2.27. The van der Waals surface area contributed by atoms with Crippen LogP contribution >= 0.6 is 7.82 Å². The summed E-state index contributed by atoms with van der Waals surface area (Å²) in [6.07, 6.45) is 77.9. The smallest absolute Gasteiger partial charge is 0.456 e. The van der Waals surface area contributed by atoms with Crippen LogP contribution in [0.3, 0.4) is 0 Å². The number of quaternary nitrogens is 1. The average molecular weight is 1160 g/mol. The van der Waals surface area contributed by atoms with E-state index in [1.807, 2.05) is 33.3 Å². The maximum atomic E-state index is 13.6. The van der Waals surface area contributed by atoms with E-state index in [9.17, 15) is 19.0 Å². The quantitative estimate of drug-likeness (QED) is 0.0205. The van der Waals surface area contributed by atoms with E-state index in [1.165, 1.54) is 218 Å². The van der Waals surface area contributed by atoms with Gasteiger partial charge in [0.25, 0.3) is 0 Å². The topological polar surface area (TPSA) is 111 Å². The molecule has 0 rings (SSSR count). The molecule has 0 aromatic carbocycles. The molecule has 3 unspecified atom stereocenters. The monoisotopic (exact) mass is 1160 g/mol. The first-order chi connectivity index (χ1) is 39.4. The lowest BCUT2D eigenvalue weighted by molar-refractivity contribution is -0.870. The van der Waals surface area contributed by atoms with Crippen LogP contribution in [0, 0.1) is 0 Å². The molecule has 474 valence electrons. The predicted octanol–water partition coefficient (Wildman–Crippen LogP) is 21.8. The molecule has 0 fully saturated rings. The minimum Gasteiger partial charge on any atom is -0.456 e. The molecule has 0 aromatic rings. The summed E-state index contributed by atoms with van der Waals surface area (Å²) in [7, 11) is 1.50. The zero-order valence-electron chi connectivity index (χ0n) is 54.3. The highest BCUT2D eigenvalue weighted by Gasteiger charge is 2.30. The number of esters is 1. The summed E-state index contributed by atoms with van der Waals surface area (Å²) in [6.45, 7) is 7.02. The Labute approximate surface area is 502 Å². The first-order valence-electron chi connectivity index (χ1n) is 34.6. The number of phosphoric ester groups is 1. The minimum atomic E-state index is -4.45. The van der Waals surface area contributed by atoms with E-state index in [-0.39, 0.29) is 31.5 Å². The zero-order chi connectivity index (χ0) is 59.3. The van der Waals surface area contributed by atoms with Gasteiger partial charge in [0, 0.05) is 12.8 Å².